The molecule has 2 heterocycles. The first-order valence-electron chi connectivity index (χ1n) is 7.37. The summed E-state index contributed by atoms with van der Waals surface area (Å²) in [4.78, 5) is 15.9. The molecule has 0 unspecified atom stereocenters. The lowest BCUT2D eigenvalue weighted by Crippen LogP contribution is -2.39. The Labute approximate surface area is 131 Å². The quantitative estimate of drug-likeness (QED) is 0.877. The van der Waals surface area contributed by atoms with E-state index in [4.69, 9.17) is 0 Å². The largest absolute Gasteiger partial charge is 0.323 e. The van der Waals surface area contributed by atoms with Crippen LogP contribution < -0.4 is 5.32 Å². The van der Waals surface area contributed by atoms with Gasteiger partial charge in [-0.25, -0.2) is 13.2 Å². The number of urea groups is 1. The smallest absolute Gasteiger partial charge is 0.321 e. The van der Waals surface area contributed by atoms with E-state index in [9.17, 15) is 13.2 Å². The van der Waals surface area contributed by atoms with E-state index in [-0.39, 0.29) is 30.3 Å². The number of sulfone groups is 1. The van der Waals surface area contributed by atoms with E-state index in [1.165, 1.54) is 0 Å². The van der Waals surface area contributed by atoms with Crippen molar-refractivity contribution in [2.24, 2.45) is 5.92 Å². The number of fused-ring (bicyclic) bond motifs is 1. The van der Waals surface area contributed by atoms with Gasteiger partial charge in [-0.15, -0.1) is 0 Å². The minimum Gasteiger partial charge on any atom is -0.323 e. The molecule has 3 atom stereocenters. The van der Waals surface area contributed by atoms with Gasteiger partial charge < -0.3 is 15.1 Å². The van der Waals surface area contributed by atoms with E-state index in [0.717, 1.165) is 5.69 Å². The van der Waals surface area contributed by atoms with Gasteiger partial charge in [0.25, 0.3) is 0 Å². The first-order valence-corrected chi connectivity index (χ1v) is 9.09. The molecule has 22 heavy (non-hydrogen) atoms. The van der Waals surface area contributed by atoms with Gasteiger partial charge in [0, 0.05) is 30.7 Å². The van der Waals surface area contributed by atoms with E-state index in [0.29, 0.717) is 6.54 Å². The van der Waals surface area contributed by atoms with Crippen LogP contribution in [0, 0.1) is 5.92 Å². The zero-order chi connectivity index (χ0) is 15.9. The SMILES string of the molecule is CN(C)[C@@H]1CS(=O)(=O)[C@H]2CN(C(=O)Nc3ccccc3)C[C@@H]12. The highest BCUT2D eigenvalue weighted by Crippen LogP contribution is 2.36. The maximum absolute atomic E-state index is 12.3. The van der Waals surface area contributed by atoms with Crippen LogP contribution in [-0.2, 0) is 9.84 Å². The fraction of sp³-hybridized carbons (Fsp3) is 0.533. The molecular formula is C15H21N3O3S. The van der Waals surface area contributed by atoms with Crippen molar-refractivity contribution in [3.63, 3.8) is 0 Å². The maximum Gasteiger partial charge on any atom is 0.321 e. The molecule has 0 saturated carbocycles. The van der Waals surface area contributed by atoms with Crippen LogP contribution in [0.25, 0.3) is 0 Å². The van der Waals surface area contributed by atoms with Crippen molar-refractivity contribution in [1.82, 2.24) is 9.80 Å². The highest BCUT2D eigenvalue weighted by molar-refractivity contribution is 7.92. The van der Waals surface area contributed by atoms with Gasteiger partial charge in [-0.2, -0.15) is 0 Å². The van der Waals surface area contributed by atoms with Gasteiger partial charge in [0.05, 0.1) is 11.0 Å². The molecule has 2 amide bonds. The monoisotopic (exact) mass is 323 g/mol. The van der Waals surface area contributed by atoms with Crippen LogP contribution in [0.1, 0.15) is 0 Å². The standard InChI is InChI=1S/C15H21N3O3S/c1-17(2)13-10-22(20,21)14-9-18(8-12(13)14)15(19)16-11-6-4-3-5-7-11/h3-7,12-14H,8-10H2,1-2H3,(H,16,19)/t12-,13+,14-/m0/s1. The average molecular weight is 323 g/mol. The van der Waals surface area contributed by atoms with Crippen molar-refractivity contribution >= 4 is 21.6 Å². The number of hydrogen-bond acceptors (Lipinski definition) is 4. The van der Waals surface area contributed by atoms with Gasteiger partial charge in [0.2, 0.25) is 0 Å². The molecule has 1 aromatic rings. The molecule has 0 radical (unpaired) electrons. The van der Waals surface area contributed by atoms with E-state index < -0.39 is 15.1 Å². The predicted octanol–water partition coefficient (Wildman–Crippen LogP) is 0.878. The van der Waals surface area contributed by atoms with Gasteiger partial charge in [-0.1, -0.05) is 18.2 Å². The van der Waals surface area contributed by atoms with Crippen molar-refractivity contribution in [2.45, 2.75) is 11.3 Å². The zero-order valence-corrected chi connectivity index (χ0v) is 13.6. The fourth-order valence-corrected chi connectivity index (χ4v) is 5.93. The Balaban J connectivity index is 1.73. The number of amides is 2. The summed E-state index contributed by atoms with van der Waals surface area (Å²) in [7, 11) is 0.676. The van der Waals surface area contributed by atoms with Gasteiger partial charge in [0.1, 0.15) is 0 Å². The van der Waals surface area contributed by atoms with Crippen molar-refractivity contribution in [3.8, 4) is 0 Å². The summed E-state index contributed by atoms with van der Waals surface area (Å²) in [6.45, 7) is 0.779. The first kappa shape index (κ1) is 15.3. The van der Waals surface area contributed by atoms with E-state index in [1.54, 1.807) is 4.90 Å². The maximum atomic E-state index is 12.3. The lowest BCUT2D eigenvalue weighted by Gasteiger charge is -2.25. The third-order valence-corrected chi connectivity index (χ3v) is 6.87. The summed E-state index contributed by atoms with van der Waals surface area (Å²) in [6.07, 6.45) is 0. The fourth-order valence-electron chi connectivity index (χ4n) is 3.46. The highest BCUT2D eigenvalue weighted by Gasteiger charge is 2.53. The molecular weight excluding hydrogens is 302 g/mol. The molecule has 7 heteroatoms. The third-order valence-electron chi connectivity index (χ3n) is 4.64. The topological polar surface area (TPSA) is 69.7 Å². The zero-order valence-electron chi connectivity index (χ0n) is 12.8. The van der Waals surface area contributed by atoms with Crippen molar-refractivity contribution in [2.75, 3.05) is 38.3 Å². The molecule has 0 bridgehead atoms. The predicted molar refractivity (Wildman–Crippen MR) is 85.6 cm³/mol. The molecule has 2 fully saturated rings. The third kappa shape index (κ3) is 2.70. The number of carbonyl (C=O) groups excluding carboxylic acids is 1. The molecule has 120 valence electrons. The highest BCUT2D eigenvalue weighted by atomic mass is 32.2. The Morgan fingerprint density at radius 2 is 1.91 bits per heavy atom. The van der Waals surface area contributed by atoms with Crippen LogP contribution in [0.2, 0.25) is 0 Å². The number of rotatable bonds is 2. The number of nitrogens with one attached hydrogen (secondary N) is 1. The van der Waals surface area contributed by atoms with Crippen molar-refractivity contribution in [3.05, 3.63) is 30.3 Å². The molecule has 2 aliphatic rings. The van der Waals surface area contributed by atoms with Gasteiger partial charge in [0.15, 0.2) is 9.84 Å². The van der Waals surface area contributed by atoms with Crippen LogP contribution in [0.5, 0.6) is 0 Å². The van der Waals surface area contributed by atoms with Crippen LogP contribution in [0.3, 0.4) is 0 Å². The summed E-state index contributed by atoms with van der Waals surface area (Å²) in [6, 6.07) is 8.96. The lowest BCUT2D eigenvalue weighted by atomic mass is 10.00. The number of anilines is 1. The summed E-state index contributed by atoms with van der Waals surface area (Å²) in [5.74, 6) is 0.199. The Morgan fingerprint density at radius 1 is 1.23 bits per heavy atom. The van der Waals surface area contributed by atoms with Crippen LogP contribution in [0.4, 0.5) is 10.5 Å². The van der Waals surface area contributed by atoms with Gasteiger partial charge in [-0.3, -0.25) is 0 Å². The average Bonchev–Trinajstić information content (AvgIpc) is 3.00. The molecule has 0 aromatic heterocycles. The summed E-state index contributed by atoms with van der Waals surface area (Å²) in [5.41, 5.74) is 0.719. The Morgan fingerprint density at radius 3 is 2.55 bits per heavy atom. The number of nitrogens with zero attached hydrogens (tertiary/aromatic N) is 2. The van der Waals surface area contributed by atoms with E-state index in [2.05, 4.69) is 5.32 Å². The summed E-state index contributed by atoms with van der Waals surface area (Å²) < 4.78 is 24.6. The second-order valence-electron chi connectivity index (χ2n) is 6.26. The Hall–Kier alpha value is -1.60. The molecule has 2 aliphatic heterocycles. The molecule has 2 saturated heterocycles. The molecule has 1 N–H and O–H groups in total. The van der Waals surface area contributed by atoms with Crippen LogP contribution >= 0.6 is 0 Å². The van der Waals surface area contributed by atoms with Crippen LogP contribution in [0.15, 0.2) is 30.3 Å². The number of hydrogen-bond donors (Lipinski definition) is 1. The molecule has 3 rings (SSSR count). The van der Waals surface area contributed by atoms with Gasteiger partial charge in [-0.05, 0) is 26.2 Å². The minimum absolute atomic E-state index is 0.00141. The first-order chi connectivity index (χ1) is 10.4. The van der Waals surface area contributed by atoms with Gasteiger partial charge >= 0.3 is 6.03 Å². The second kappa shape index (κ2) is 5.55. The number of likely N-dealkylation sites (tertiary alicyclic amines) is 1. The van der Waals surface area contributed by atoms with Crippen molar-refractivity contribution in [1.29, 1.82) is 0 Å². The van der Waals surface area contributed by atoms with E-state index in [1.807, 2.05) is 49.3 Å². The number of para-hydroxylation sites is 1. The van der Waals surface area contributed by atoms with Crippen molar-refractivity contribution < 1.29 is 13.2 Å². The number of carbonyl (C=O) groups is 1. The molecule has 0 aliphatic carbocycles. The molecule has 1 aromatic carbocycles. The molecule has 6 nitrogen and oxygen atoms in total. The second-order valence-corrected chi connectivity index (χ2v) is 8.53. The van der Waals surface area contributed by atoms with E-state index >= 15 is 0 Å². The summed E-state index contributed by atoms with van der Waals surface area (Å²) in [5, 5.41) is 2.39. The number of benzene rings is 1. The minimum atomic E-state index is -3.12. The lowest BCUT2D eigenvalue weighted by molar-refractivity contribution is 0.210. The summed E-state index contributed by atoms with van der Waals surface area (Å²) >= 11 is 0. The Kier molecular flexibility index (Phi) is 3.86. The van der Waals surface area contributed by atoms with Crippen LogP contribution in [-0.4, -0.2) is 68.5 Å². The molecule has 0 spiro atoms. The Bertz CT molecular complexity index is 660. The normalized spacial score (nSPS) is 29.6.